The summed E-state index contributed by atoms with van der Waals surface area (Å²) in [6.07, 6.45) is 6.17. The molecule has 84 valence electrons. The van der Waals surface area contributed by atoms with E-state index in [0.29, 0.717) is 4.77 Å². The summed E-state index contributed by atoms with van der Waals surface area (Å²) in [5.41, 5.74) is 2.03. The van der Waals surface area contributed by atoms with Gasteiger partial charge in [0.2, 0.25) is 0 Å². The predicted molar refractivity (Wildman–Crippen MR) is 63.5 cm³/mol. The summed E-state index contributed by atoms with van der Waals surface area (Å²) in [5.74, 6) is 0. The molecule has 0 unspecified atom stereocenters. The van der Waals surface area contributed by atoms with Crippen molar-refractivity contribution in [3.05, 3.63) is 46.8 Å². The van der Waals surface area contributed by atoms with Gasteiger partial charge in [-0.15, -0.1) is 0 Å². The lowest BCUT2D eigenvalue weighted by Crippen LogP contribution is -2.05. The zero-order valence-electron chi connectivity index (χ0n) is 8.76. The van der Waals surface area contributed by atoms with E-state index in [4.69, 9.17) is 17.3 Å². The van der Waals surface area contributed by atoms with Crippen molar-refractivity contribution < 1.29 is 5.11 Å². The van der Waals surface area contributed by atoms with Gasteiger partial charge in [-0.1, -0.05) is 0 Å². The lowest BCUT2D eigenvalue weighted by Gasteiger charge is -2.06. The molecular formula is C11H13N3OS. The molecule has 0 aliphatic rings. The first kappa shape index (κ1) is 11.0. The number of aromatic amines is 1. The highest BCUT2D eigenvalue weighted by Gasteiger charge is 2.02. The van der Waals surface area contributed by atoms with Gasteiger partial charge < -0.3 is 14.7 Å². The molecule has 2 rings (SSSR count). The number of rotatable bonds is 4. The van der Waals surface area contributed by atoms with Gasteiger partial charge in [-0.25, -0.2) is 0 Å². The van der Waals surface area contributed by atoms with E-state index >= 15 is 0 Å². The van der Waals surface area contributed by atoms with E-state index in [2.05, 4.69) is 9.97 Å². The molecule has 0 radical (unpaired) electrons. The SMILES string of the molecule is OCc1c[nH]c(=S)n1CCc1ccncc1. The van der Waals surface area contributed by atoms with Crippen molar-refractivity contribution in [2.45, 2.75) is 19.6 Å². The highest BCUT2D eigenvalue weighted by molar-refractivity contribution is 7.71. The fourth-order valence-electron chi connectivity index (χ4n) is 1.60. The predicted octanol–water partition coefficient (Wildman–Crippen LogP) is 1.68. The Balaban J connectivity index is 2.10. The minimum Gasteiger partial charge on any atom is -0.390 e. The van der Waals surface area contributed by atoms with Crippen LogP contribution in [0.25, 0.3) is 0 Å². The zero-order valence-corrected chi connectivity index (χ0v) is 9.57. The van der Waals surface area contributed by atoms with Gasteiger partial charge in [0.15, 0.2) is 4.77 Å². The molecule has 2 heterocycles. The van der Waals surface area contributed by atoms with Crippen LogP contribution in [0.5, 0.6) is 0 Å². The molecule has 0 aliphatic carbocycles. The lowest BCUT2D eigenvalue weighted by molar-refractivity contribution is 0.270. The Labute approximate surface area is 98.6 Å². The molecule has 2 N–H and O–H groups in total. The van der Waals surface area contributed by atoms with Gasteiger partial charge in [0.1, 0.15) is 0 Å². The van der Waals surface area contributed by atoms with Crippen LogP contribution >= 0.6 is 12.2 Å². The van der Waals surface area contributed by atoms with Crippen LogP contribution < -0.4 is 0 Å². The van der Waals surface area contributed by atoms with Crippen molar-refractivity contribution in [2.75, 3.05) is 0 Å². The molecule has 0 bridgehead atoms. The highest BCUT2D eigenvalue weighted by Crippen LogP contribution is 2.05. The van der Waals surface area contributed by atoms with Gasteiger partial charge in [-0.3, -0.25) is 4.98 Å². The molecule has 16 heavy (non-hydrogen) atoms. The molecule has 0 fully saturated rings. The largest absolute Gasteiger partial charge is 0.390 e. The number of H-pyrrole nitrogens is 1. The summed E-state index contributed by atoms with van der Waals surface area (Å²) >= 11 is 5.14. The number of aryl methyl sites for hydroxylation is 1. The standard InChI is InChI=1S/C11H13N3OS/c15-8-10-7-13-11(16)14(10)6-3-9-1-4-12-5-2-9/h1-2,4-5,7,15H,3,6,8H2,(H,13,16). The summed E-state index contributed by atoms with van der Waals surface area (Å²) in [4.78, 5) is 6.90. The van der Waals surface area contributed by atoms with E-state index in [1.807, 2.05) is 16.7 Å². The molecule has 0 spiro atoms. The second-order valence-corrected chi connectivity index (χ2v) is 3.89. The smallest absolute Gasteiger partial charge is 0.177 e. The number of aliphatic hydroxyl groups excluding tert-OH is 1. The minimum absolute atomic E-state index is 0.00346. The number of nitrogens with one attached hydrogen (secondary N) is 1. The van der Waals surface area contributed by atoms with E-state index in [1.165, 1.54) is 5.56 Å². The fraction of sp³-hybridized carbons (Fsp3) is 0.273. The molecule has 0 amide bonds. The van der Waals surface area contributed by atoms with E-state index < -0.39 is 0 Å². The van der Waals surface area contributed by atoms with Crippen LogP contribution in [-0.4, -0.2) is 19.6 Å². The molecule has 2 aromatic heterocycles. The average molecular weight is 235 g/mol. The topological polar surface area (TPSA) is 53.8 Å². The fourth-order valence-corrected chi connectivity index (χ4v) is 1.87. The van der Waals surface area contributed by atoms with Crippen molar-refractivity contribution in [1.82, 2.24) is 14.5 Å². The van der Waals surface area contributed by atoms with Crippen LogP contribution in [0, 0.1) is 4.77 Å². The van der Waals surface area contributed by atoms with Crippen molar-refractivity contribution in [3.8, 4) is 0 Å². The maximum absolute atomic E-state index is 9.13. The van der Waals surface area contributed by atoms with Crippen LogP contribution in [0.2, 0.25) is 0 Å². The first-order chi connectivity index (χ1) is 7.81. The Hall–Kier alpha value is -1.46. The Bertz CT molecular complexity index is 503. The Morgan fingerprint density at radius 1 is 1.38 bits per heavy atom. The Kier molecular flexibility index (Phi) is 3.48. The summed E-state index contributed by atoms with van der Waals surface area (Å²) < 4.78 is 2.56. The lowest BCUT2D eigenvalue weighted by atomic mass is 10.2. The van der Waals surface area contributed by atoms with Crippen molar-refractivity contribution in [1.29, 1.82) is 0 Å². The average Bonchev–Trinajstić information content (AvgIpc) is 2.69. The van der Waals surface area contributed by atoms with Crippen molar-refractivity contribution >= 4 is 12.2 Å². The first-order valence-electron chi connectivity index (χ1n) is 5.08. The van der Waals surface area contributed by atoms with Crippen molar-refractivity contribution in [2.24, 2.45) is 0 Å². The summed E-state index contributed by atoms with van der Waals surface area (Å²) in [5, 5.41) is 9.13. The zero-order chi connectivity index (χ0) is 11.4. The Morgan fingerprint density at radius 2 is 2.12 bits per heavy atom. The van der Waals surface area contributed by atoms with E-state index in [0.717, 1.165) is 18.7 Å². The van der Waals surface area contributed by atoms with Crippen LogP contribution in [0.1, 0.15) is 11.3 Å². The maximum atomic E-state index is 9.13. The monoisotopic (exact) mass is 235 g/mol. The minimum atomic E-state index is 0.00346. The third kappa shape index (κ3) is 2.37. The van der Waals surface area contributed by atoms with E-state index in [-0.39, 0.29) is 6.61 Å². The van der Waals surface area contributed by atoms with Crippen LogP contribution in [0.4, 0.5) is 0 Å². The molecule has 0 aliphatic heterocycles. The van der Waals surface area contributed by atoms with Gasteiger partial charge in [0.25, 0.3) is 0 Å². The highest BCUT2D eigenvalue weighted by atomic mass is 32.1. The van der Waals surface area contributed by atoms with Gasteiger partial charge in [-0.2, -0.15) is 0 Å². The van der Waals surface area contributed by atoms with Crippen LogP contribution in [-0.2, 0) is 19.6 Å². The molecule has 2 aromatic rings. The second kappa shape index (κ2) is 5.05. The van der Waals surface area contributed by atoms with Gasteiger partial charge in [0.05, 0.1) is 12.3 Å². The number of aromatic nitrogens is 3. The van der Waals surface area contributed by atoms with Crippen LogP contribution in [0.3, 0.4) is 0 Å². The molecule has 0 aromatic carbocycles. The third-order valence-corrected chi connectivity index (χ3v) is 2.83. The number of pyridine rings is 1. The van der Waals surface area contributed by atoms with Crippen LogP contribution in [0.15, 0.2) is 30.7 Å². The number of hydrogen-bond donors (Lipinski definition) is 2. The molecule has 0 saturated heterocycles. The molecule has 4 nitrogen and oxygen atoms in total. The van der Waals surface area contributed by atoms with Gasteiger partial charge in [-0.05, 0) is 36.3 Å². The molecule has 0 atom stereocenters. The second-order valence-electron chi connectivity index (χ2n) is 3.50. The summed E-state index contributed by atoms with van der Waals surface area (Å²) in [6.45, 7) is 0.770. The Morgan fingerprint density at radius 3 is 2.81 bits per heavy atom. The number of nitrogens with zero attached hydrogens (tertiary/aromatic N) is 2. The van der Waals surface area contributed by atoms with Gasteiger partial charge >= 0.3 is 0 Å². The maximum Gasteiger partial charge on any atom is 0.177 e. The van der Waals surface area contributed by atoms with Gasteiger partial charge in [0, 0.05) is 25.1 Å². The number of imidazole rings is 1. The molecular weight excluding hydrogens is 222 g/mol. The first-order valence-corrected chi connectivity index (χ1v) is 5.49. The third-order valence-electron chi connectivity index (χ3n) is 2.49. The molecule has 0 saturated carbocycles. The molecule has 5 heteroatoms. The quantitative estimate of drug-likeness (QED) is 0.793. The number of aliphatic hydroxyl groups is 1. The summed E-state index contributed by atoms with van der Waals surface area (Å²) in [7, 11) is 0. The normalized spacial score (nSPS) is 10.6. The van der Waals surface area contributed by atoms with Crippen molar-refractivity contribution in [3.63, 3.8) is 0 Å². The van der Waals surface area contributed by atoms with E-state index in [1.54, 1.807) is 18.6 Å². The summed E-state index contributed by atoms with van der Waals surface area (Å²) in [6, 6.07) is 3.96. The van der Waals surface area contributed by atoms with E-state index in [9.17, 15) is 0 Å². The number of hydrogen-bond acceptors (Lipinski definition) is 3.